The van der Waals surface area contributed by atoms with Crippen molar-refractivity contribution < 1.29 is 0 Å². The highest BCUT2D eigenvalue weighted by molar-refractivity contribution is 9.10. The van der Waals surface area contributed by atoms with Gasteiger partial charge in [-0.25, -0.2) is 0 Å². The summed E-state index contributed by atoms with van der Waals surface area (Å²) in [5.74, 6) is 0.0904. The molecular weight excluding hydrogens is 572 g/mol. The zero-order chi connectivity index (χ0) is 28.0. The van der Waals surface area contributed by atoms with Crippen molar-refractivity contribution in [1.82, 2.24) is 0 Å². The summed E-state index contributed by atoms with van der Waals surface area (Å²) in [5.41, 5.74) is 8.85. The van der Waals surface area contributed by atoms with Crippen molar-refractivity contribution in [2.24, 2.45) is 0 Å². The maximum Gasteiger partial charge on any atom is 0.0346 e. The fourth-order valence-corrected chi connectivity index (χ4v) is 7.05. The molecule has 0 spiro atoms. The molecule has 0 heterocycles. The summed E-state index contributed by atoms with van der Waals surface area (Å²) in [6, 6.07) is 57.7. The highest BCUT2D eigenvalue weighted by Gasteiger charge is 2.22. The standard InChI is InChI=1S/C41H27Br/c42-38-26-22-34-20-24-36-35(23-19-33-21-25-37(38)41(34)40(33)36)39(31-15-11-29(12-16-31)27-7-3-1-4-8-27)32-17-13-30(14-18-32)28-9-5-2-6-10-28/h1-26,39H. The third-order valence-corrected chi connectivity index (χ3v) is 9.35. The maximum atomic E-state index is 3.81. The molecule has 8 aromatic carbocycles. The van der Waals surface area contributed by atoms with Gasteiger partial charge in [0.05, 0.1) is 0 Å². The van der Waals surface area contributed by atoms with E-state index in [1.54, 1.807) is 0 Å². The highest BCUT2D eigenvalue weighted by Crippen LogP contribution is 2.43. The Bertz CT molecular complexity index is 2080. The second kappa shape index (κ2) is 10.3. The zero-order valence-electron chi connectivity index (χ0n) is 23.0. The van der Waals surface area contributed by atoms with Gasteiger partial charge < -0.3 is 0 Å². The first kappa shape index (κ1) is 25.0. The van der Waals surface area contributed by atoms with Gasteiger partial charge in [0.1, 0.15) is 0 Å². The Morgan fingerprint density at radius 1 is 0.357 bits per heavy atom. The zero-order valence-corrected chi connectivity index (χ0v) is 24.6. The topological polar surface area (TPSA) is 0 Å². The molecule has 0 amide bonds. The van der Waals surface area contributed by atoms with Gasteiger partial charge in [-0.15, -0.1) is 0 Å². The summed E-state index contributed by atoms with van der Waals surface area (Å²) in [6.07, 6.45) is 0. The van der Waals surface area contributed by atoms with Crippen LogP contribution in [0.25, 0.3) is 54.6 Å². The van der Waals surface area contributed by atoms with Crippen molar-refractivity contribution in [2.45, 2.75) is 5.92 Å². The lowest BCUT2D eigenvalue weighted by Crippen LogP contribution is -2.05. The second-order valence-corrected chi connectivity index (χ2v) is 11.9. The Morgan fingerprint density at radius 2 is 0.786 bits per heavy atom. The molecule has 0 bridgehead atoms. The predicted octanol–water partition coefficient (Wildman–Crippen LogP) is 11.9. The van der Waals surface area contributed by atoms with Crippen molar-refractivity contribution in [1.29, 1.82) is 0 Å². The average molecular weight is 600 g/mol. The molecule has 8 aromatic rings. The lowest BCUT2D eigenvalue weighted by Gasteiger charge is -2.23. The van der Waals surface area contributed by atoms with Gasteiger partial charge in [-0.05, 0) is 77.3 Å². The minimum atomic E-state index is 0.0904. The molecule has 0 aliphatic carbocycles. The summed E-state index contributed by atoms with van der Waals surface area (Å²) in [5, 5.41) is 7.81. The normalized spacial score (nSPS) is 11.7. The number of hydrogen-bond donors (Lipinski definition) is 0. The van der Waals surface area contributed by atoms with Crippen molar-refractivity contribution in [3.63, 3.8) is 0 Å². The van der Waals surface area contributed by atoms with Crippen LogP contribution in [-0.4, -0.2) is 0 Å². The molecule has 1 heteroatoms. The van der Waals surface area contributed by atoms with E-state index < -0.39 is 0 Å². The number of benzene rings is 8. The number of rotatable bonds is 5. The van der Waals surface area contributed by atoms with Gasteiger partial charge in [-0.3, -0.25) is 0 Å². The van der Waals surface area contributed by atoms with Gasteiger partial charge in [0.2, 0.25) is 0 Å². The van der Waals surface area contributed by atoms with E-state index in [1.807, 2.05) is 0 Å². The first-order valence-corrected chi connectivity index (χ1v) is 15.2. The van der Waals surface area contributed by atoms with Crippen molar-refractivity contribution in [3.05, 3.63) is 179 Å². The lowest BCUT2D eigenvalue weighted by atomic mass is 9.80. The van der Waals surface area contributed by atoms with E-state index in [2.05, 4.69) is 174 Å². The van der Waals surface area contributed by atoms with E-state index in [1.165, 1.54) is 71.3 Å². The molecular formula is C41H27Br. The van der Waals surface area contributed by atoms with E-state index in [0.717, 1.165) is 4.47 Å². The molecule has 0 aromatic heterocycles. The number of hydrogen-bond acceptors (Lipinski definition) is 0. The largest absolute Gasteiger partial charge is 0.0622 e. The molecule has 0 N–H and O–H groups in total. The van der Waals surface area contributed by atoms with Crippen LogP contribution in [0, 0.1) is 0 Å². The van der Waals surface area contributed by atoms with E-state index in [0.29, 0.717) is 0 Å². The Morgan fingerprint density at radius 3 is 1.33 bits per heavy atom. The first-order valence-electron chi connectivity index (χ1n) is 14.4. The molecule has 0 nitrogen and oxygen atoms in total. The summed E-state index contributed by atoms with van der Waals surface area (Å²) < 4.78 is 1.14. The van der Waals surface area contributed by atoms with Crippen molar-refractivity contribution in [3.8, 4) is 22.3 Å². The molecule has 0 saturated heterocycles. The van der Waals surface area contributed by atoms with Crippen LogP contribution in [0.2, 0.25) is 0 Å². The molecule has 42 heavy (non-hydrogen) atoms. The number of halogens is 1. The smallest absolute Gasteiger partial charge is 0.0346 e. The molecule has 0 unspecified atom stereocenters. The van der Waals surface area contributed by atoms with Crippen LogP contribution in [0.1, 0.15) is 22.6 Å². The maximum absolute atomic E-state index is 3.81. The van der Waals surface area contributed by atoms with Gasteiger partial charge in [0.15, 0.2) is 0 Å². The van der Waals surface area contributed by atoms with Gasteiger partial charge in [0, 0.05) is 10.4 Å². The molecule has 0 atom stereocenters. The molecule has 8 rings (SSSR count). The molecule has 0 fully saturated rings. The van der Waals surface area contributed by atoms with E-state index in [-0.39, 0.29) is 5.92 Å². The Kier molecular flexibility index (Phi) is 6.12. The summed E-state index contributed by atoms with van der Waals surface area (Å²) in [7, 11) is 0. The molecule has 0 aliphatic heterocycles. The summed E-state index contributed by atoms with van der Waals surface area (Å²) in [4.78, 5) is 0. The minimum Gasteiger partial charge on any atom is -0.0622 e. The minimum absolute atomic E-state index is 0.0904. The fourth-order valence-electron chi connectivity index (χ4n) is 6.59. The van der Waals surface area contributed by atoms with Gasteiger partial charge in [-0.1, -0.05) is 168 Å². The molecule has 198 valence electrons. The quantitative estimate of drug-likeness (QED) is 0.136. The predicted molar refractivity (Wildman–Crippen MR) is 183 cm³/mol. The van der Waals surface area contributed by atoms with Crippen LogP contribution in [0.4, 0.5) is 0 Å². The van der Waals surface area contributed by atoms with Gasteiger partial charge in [0.25, 0.3) is 0 Å². The molecule has 0 saturated carbocycles. The van der Waals surface area contributed by atoms with E-state index in [4.69, 9.17) is 0 Å². The Hall–Kier alpha value is -4.72. The van der Waals surface area contributed by atoms with Gasteiger partial charge in [-0.2, -0.15) is 0 Å². The fraction of sp³-hybridized carbons (Fsp3) is 0.0244. The van der Waals surface area contributed by atoms with Crippen LogP contribution in [-0.2, 0) is 0 Å². The highest BCUT2D eigenvalue weighted by atomic mass is 79.9. The van der Waals surface area contributed by atoms with E-state index in [9.17, 15) is 0 Å². The monoisotopic (exact) mass is 598 g/mol. The molecule has 0 aliphatic rings. The second-order valence-electron chi connectivity index (χ2n) is 11.0. The van der Waals surface area contributed by atoms with Crippen molar-refractivity contribution in [2.75, 3.05) is 0 Å². The van der Waals surface area contributed by atoms with Crippen molar-refractivity contribution >= 4 is 48.2 Å². The first-order chi connectivity index (χ1) is 20.7. The van der Waals surface area contributed by atoms with Crippen LogP contribution < -0.4 is 0 Å². The molecule has 0 radical (unpaired) electrons. The Labute approximate surface area is 254 Å². The lowest BCUT2D eigenvalue weighted by molar-refractivity contribution is 0.990. The van der Waals surface area contributed by atoms with Crippen LogP contribution in [0.15, 0.2) is 162 Å². The van der Waals surface area contributed by atoms with Crippen LogP contribution in [0.3, 0.4) is 0 Å². The SMILES string of the molecule is Brc1ccc2ccc3c(C(c4ccc(-c5ccccc5)cc4)c4ccc(-c5ccccc5)cc4)ccc4ccc1c2c43. The van der Waals surface area contributed by atoms with E-state index >= 15 is 0 Å². The third kappa shape index (κ3) is 4.21. The van der Waals surface area contributed by atoms with Crippen LogP contribution >= 0.6 is 15.9 Å². The average Bonchev–Trinajstić information content (AvgIpc) is 3.06. The Balaban J connectivity index is 1.34. The summed E-state index contributed by atoms with van der Waals surface area (Å²) in [6.45, 7) is 0. The third-order valence-electron chi connectivity index (χ3n) is 8.66. The summed E-state index contributed by atoms with van der Waals surface area (Å²) >= 11 is 3.81. The van der Waals surface area contributed by atoms with Crippen LogP contribution in [0.5, 0.6) is 0 Å². The van der Waals surface area contributed by atoms with Gasteiger partial charge >= 0.3 is 0 Å².